The monoisotopic (exact) mass is 357 g/mol. The average Bonchev–Trinajstić information content (AvgIpc) is 3.17. The van der Waals surface area contributed by atoms with Gasteiger partial charge in [-0.15, -0.1) is 0 Å². The lowest BCUT2D eigenvalue weighted by atomic mass is 9.96. The Morgan fingerprint density at radius 2 is 1.65 bits per heavy atom. The Bertz CT molecular complexity index is 584. The van der Waals surface area contributed by atoms with Gasteiger partial charge in [-0.1, -0.05) is 49.6 Å². The molecule has 5 nitrogen and oxygen atoms in total. The summed E-state index contributed by atoms with van der Waals surface area (Å²) in [5.74, 6) is 0.0781. The van der Waals surface area contributed by atoms with E-state index in [1.807, 2.05) is 18.2 Å². The Morgan fingerprint density at radius 1 is 0.923 bits per heavy atom. The van der Waals surface area contributed by atoms with Crippen LogP contribution in [0.4, 0.5) is 4.79 Å². The summed E-state index contributed by atoms with van der Waals surface area (Å²) in [6.07, 6.45) is 10.0. The molecule has 0 aromatic heterocycles. The predicted molar refractivity (Wildman–Crippen MR) is 102 cm³/mol. The highest BCUT2D eigenvalue weighted by molar-refractivity contribution is 5.82. The lowest BCUT2D eigenvalue weighted by Gasteiger charge is -2.31. The molecule has 2 aliphatic rings. The highest BCUT2D eigenvalue weighted by Gasteiger charge is 2.31. The molecule has 1 heterocycles. The average molecular weight is 357 g/mol. The van der Waals surface area contributed by atoms with Gasteiger partial charge in [0.25, 0.3) is 0 Å². The summed E-state index contributed by atoms with van der Waals surface area (Å²) < 4.78 is 0. The van der Waals surface area contributed by atoms with Crippen molar-refractivity contribution < 1.29 is 9.59 Å². The molecule has 0 bridgehead atoms. The fourth-order valence-corrected chi connectivity index (χ4v) is 3.96. The van der Waals surface area contributed by atoms with Gasteiger partial charge in [-0.05, 0) is 44.1 Å². The van der Waals surface area contributed by atoms with Crippen LogP contribution in [0.25, 0.3) is 0 Å². The number of unbranched alkanes of at least 4 members (excludes halogenated alkanes) is 1. The van der Waals surface area contributed by atoms with E-state index >= 15 is 0 Å². The van der Waals surface area contributed by atoms with Gasteiger partial charge in [0, 0.05) is 25.6 Å². The molecule has 26 heavy (non-hydrogen) atoms. The maximum atomic E-state index is 12.6. The topological polar surface area (TPSA) is 52.7 Å². The van der Waals surface area contributed by atoms with Crippen molar-refractivity contribution in [2.24, 2.45) is 0 Å². The van der Waals surface area contributed by atoms with E-state index in [1.54, 1.807) is 10.0 Å². The maximum Gasteiger partial charge on any atom is 0.336 e. The fourth-order valence-electron chi connectivity index (χ4n) is 3.96. The lowest BCUT2D eigenvalue weighted by Crippen LogP contribution is -2.51. The molecule has 0 spiro atoms. The molecule has 1 aromatic carbocycles. The first kappa shape index (κ1) is 18.7. The molecule has 0 unspecified atom stereocenters. The molecule has 1 N–H and O–H groups in total. The molecule has 1 saturated carbocycles. The van der Waals surface area contributed by atoms with Gasteiger partial charge < -0.3 is 5.32 Å². The number of aryl methyl sites for hydroxylation is 1. The molecule has 5 heteroatoms. The second-order valence-electron chi connectivity index (χ2n) is 7.47. The van der Waals surface area contributed by atoms with Gasteiger partial charge in [0.1, 0.15) is 0 Å². The molecule has 0 atom stereocenters. The Kier molecular flexibility index (Phi) is 6.92. The van der Waals surface area contributed by atoms with Crippen LogP contribution in [0.15, 0.2) is 30.3 Å². The zero-order valence-electron chi connectivity index (χ0n) is 15.7. The van der Waals surface area contributed by atoms with Crippen molar-refractivity contribution in [3.63, 3.8) is 0 Å². The van der Waals surface area contributed by atoms with Crippen molar-refractivity contribution in [1.29, 1.82) is 0 Å². The van der Waals surface area contributed by atoms with Gasteiger partial charge in [-0.25, -0.2) is 9.80 Å². The van der Waals surface area contributed by atoms with Crippen LogP contribution in [-0.4, -0.2) is 41.1 Å². The van der Waals surface area contributed by atoms with E-state index in [4.69, 9.17) is 0 Å². The number of carbonyl (C=O) groups is 2. The van der Waals surface area contributed by atoms with Crippen LogP contribution in [0, 0.1) is 0 Å². The van der Waals surface area contributed by atoms with Crippen molar-refractivity contribution in [2.75, 3.05) is 13.1 Å². The number of amides is 3. The summed E-state index contributed by atoms with van der Waals surface area (Å²) in [7, 11) is 0. The van der Waals surface area contributed by atoms with Gasteiger partial charge in [-0.3, -0.25) is 9.80 Å². The number of hydrazine groups is 1. The van der Waals surface area contributed by atoms with Crippen molar-refractivity contribution in [3.05, 3.63) is 35.9 Å². The Labute approximate surface area is 156 Å². The second-order valence-corrected chi connectivity index (χ2v) is 7.47. The van der Waals surface area contributed by atoms with Gasteiger partial charge in [0.2, 0.25) is 5.91 Å². The lowest BCUT2D eigenvalue weighted by molar-refractivity contribution is -0.140. The van der Waals surface area contributed by atoms with Gasteiger partial charge in [0.15, 0.2) is 0 Å². The number of rotatable bonds is 6. The predicted octanol–water partition coefficient (Wildman–Crippen LogP) is 3.89. The van der Waals surface area contributed by atoms with E-state index in [1.165, 1.54) is 24.8 Å². The zero-order chi connectivity index (χ0) is 18.2. The number of nitrogens with one attached hydrogen (secondary N) is 1. The minimum Gasteiger partial charge on any atom is -0.334 e. The molecule has 1 saturated heterocycles. The van der Waals surface area contributed by atoms with Crippen LogP contribution in [0.5, 0.6) is 0 Å². The van der Waals surface area contributed by atoms with E-state index in [0.717, 1.165) is 38.5 Å². The number of benzene rings is 1. The number of nitrogens with zero attached hydrogens (tertiary/aromatic N) is 2. The Hall–Kier alpha value is -2.04. The zero-order valence-corrected chi connectivity index (χ0v) is 15.7. The molecule has 1 aromatic rings. The molecule has 1 aliphatic heterocycles. The highest BCUT2D eigenvalue weighted by Crippen LogP contribution is 2.19. The van der Waals surface area contributed by atoms with Crippen LogP contribution in [0.1, 0.15) is 63.4 Å². The Balaban J connectivity index is 1.41. The standard InChI is InChI=1S/C21H31N3O2/c25-20(15-8-7-12-18-10-3-1-4-11-18)23-16-9-17-24(23)21(26)22-19-13-5-2-6-14-19/h1,3-4,10-11,19H,2,5-9,12-17H2,(H,22,26). The number of urea groups is 1. The number of hydrogen-bond donors (Lipinski definition) is 1. The fraction of sp³-hybridized carbons (Fsp3) is 0.619. The summed E-state index contributed by atoms with van der Waals surface area (Å²) in [5.41, 5.74) is 1.31. The van der Waals surface area contributed by atoms with E-state index in [-0.39, 0.29) is 18.0 Å². The van der Waals surface area contributed by atoms with Crippen molar-refractivity contribution >= 4 is 11.9 Å². The van der Waals surface area contributed by atoms with Crippen molar-refractivity contribution in [1.82, 2.24) is 15.3 Å². The van der Waals surface area contributed by atoms with E-state index in [2.05, 4.69) is 17.4 Å². The first-order chi connectivity index (χ1) is 12.7. The van der Waals surface area contributed by atoms with Crippen LogP contribution < -0.4 is 5.32 Å². The molecule has 3 amide bonds. The van der Waals surface area contributed by atoms with Crippen LogP contribution in [0.3, 0.4) is 0 Å². The molecule has 1 aliphatic carbocycles. The third-order valence-corrected chi connectivity index (χ3v) is 5.44. The summed E-state index contributed by atoms with van der Waals surface area (Å²) >= 11 is 0. The molecule has 3 rings (SSSR count). The number of hydrogen-bond acceptors (Lipinski definition) is 2. The molecule has 0 radical (unpaired) electrons. The first-order valence-electron chi connectivity index (χ1n) is 10.2. The van der Waals surface area contributed by atoms with E-state index in [9.17, 15) is 9.59 Å². The van der Waals surface area contributed by atoms with Crippen LogP contribution >= 0.6 is 0 Å². The van der Waals surface area contributed by atoms with Crippen LogP contribution in [-0.2, 0) is 11.2 Å². The molecular weight excluding hydrogens is 326 g/mol. The molecule has 142 valence electrons. The Morgan fingerprint density at radius 3 is 2.42 bits per heavy atom. The third-order valence-electron chi connectivity index (χ3n) is 5.44. The summed E-state index contributed by atoms with van der Waals surface area (Å²) in [6.45, 7) is 1.31. The third kappa shape index (κ3) is 5.23. The largest absolute Gasteiger partial charge is 0.336 e. The van der Waals surface area contributed by atoms with Gasteiger partial charge >= 0.3 is 6.03 Å². The minimum absolute atomic E-state index is 0.0781. The first-order valence-corrected chi connectivity index (χ1v) is 10.2. The maximum absolute atomic E-state index is 12.6. The van der Waals surface area contributed by atoms with Crippen molar-refractivity contribution in [3.8, 4) is 0 Å². The van der Waals surface area contributed by atoms with Gasteiger partial charge in [-0.2, -0.15) is 0 Å². The normalized spacial score (nSPS) is 18.2. The van der Waals surface area contributed by atoms with Crippen molar-refractivity contribution in [2.45, 2.75) is 70.3 Å². The summed E-state index contributed by atoms with van der Waals surface area (Å²) in [4.78, 5) is 25.1. The molecular formula is C21H31N3O2. The van der Waals surface area contributed by atoms with Crippen LogP contribution in [0.2, 0.25) is 0 Å². The van der Waals surface area contributed by atoms with E-state index in [0.29, 0.717) is 19.5 Å². The highest BCUT2D eigenvalue weighted by atomic mass is 16.2. The minimum atomic E-state index is -0.0907. The summed E-state index contributed by atoms with van der Waals surface area (Å²) in [5, 5.41) is 6.43. The second kappa shape index (κ2) is 9.60. The SMILES string of the molecule is O=C(CCCCc1ccccc1)N1CCCN1C(=O)NC1CCCCC1. The van der Waals surface area contributed by atoms with Gasteiger partial charge in [0.05, 0.1) is 0 Å². The smallest absolute Gasteiger partial charge is 0.334 e. The number of carbonyl (C=O) groups excluding carboxylic acids is 2. The quantitative estimate of drug-likeness (QED) is 0.785. The molecule has 2 fully saturated rings. The van der Waals surface area contributed by atoms with E-state index < -0.39 is 0 Å². The summed E-state index contributed by atoms with van der Waals surface area (Å²) in [6, 6.07) is 10.6.